The minimum absolute atomic E-state index is 0.278. The van der Waals surface area contributed by atoms with Crippen LogP contribution >= 0.6 is 11.6 Å². The van der Waals surface area contributed by atoms with Crippen molar-refractivity contribution in [2.75, 3.05) is 7.11 Å². The van der Waals surface area contributed by atoms with Gasteiger partial charge in [0.05, 0.1) is 18.3 Å². The van der Waals surface area contributed by atoms with E-state index < -0.39 is 5.97 Å². The molecule has 4 aromatic rings. The molecule has 0 saturated carbocycles. The largest absolute Gasteiger partial charge is 0.464 e. The molecule has 2 aromatic heterocycles. The Hall–Kier alpha value is -2.85. The van der Waals surface area contributed by atoms with Crippen LogP contribution in [0.2, 0.25) is 5.02 Å². The summed E-state index contributed by atoms with van der Waals surface area (Å²) >= 11 is 6.10. The molecule has 2 heterocycles. The van der Waals surface area contributed by atoms with E-state index in [4.69, 9.17) is 16.3 Å². The molecule has 0 aliphatic rings. The predicted octanol–water partition coefficient (Wildman–Crippen LogP) is 4.82. The van der Waals surface area contributed by atoms with Gasteiger partial charge in [0.25, 0.3) is 0 Å². The van der Waals surface area contributed by atoms with Crippen LogP contribution in [-0.4, -0.2) is 23.0 Å². The van der Waals surface area contributed by atoms with Gasteiger partial charge in [-0.05, 0) is 18.2 Å². The number of fused-ring (bicyclic) bond motifs is 3. The van der Waals surface area contributed by atoms with E-state index in [1.165, 1.54) is 7.11 Å². The van der Waals surface area contributed by atoms with E-state index in [-0.39, 0.29) is 5.69 Å². The topological polar surface area (TPSA) is 55.0 Å². The van der Waals surface area contributed by atoms with Crippen molar-refractivity contribution >= 4 is 39.4 Å². The maximum atomic E-state index is 12.0. The van der Waals surface area contributed by atoms with Gasteiger partial charge in [-0.15, -0.1) is 0 Å². The summed E-state index contributed by atoms with van der Waals surface area (Å²) in [4.78, 5) is 19.9. The number of H-pyrrole nitrogens is 1. The number of ether oxygens (including phenoxy) is 1. The number of hydrogen-bond donors (Lipinski definition) is 1. The van der Waals surface area contributed by atoms with E-state index in [0.29, 0.717) is 10.7 Å². The Morgan fingerprint density at radius 3 is 2.62 bits per heavy atom. The number of aromatic nitrogens is 2. The summed E-state index contributed by atoms with van der Waals surface area (Å²) in [6.07, 6.45) is 0. The molecular formula is C19H13ClN2O2. The van der Waals surface area contributed by atoms with Gasteiger partial charge < -0.3 is 9.72 Å². The molecule has 0 atom stereocenters. The van der Waals surface area contributed by atoms with E-state index in [1.54, 1.807) is 6.07 Å². The Morgan fingerprint density at radius 2 is 1.88 bits per heavy atom. The summed E-state index contributed by atoms with van der Waals surface area (Å²) < 4.78 is 4.85. The number of hydrogen-bond acceptors (Lipinski definition) is 3. The smallest absolute Gasteiger partial charge is 0.356 e. The van der Waals surface area contributed by atoms with Crippen molar-refractivity contribution in [2.24, 2.45) is 0 Å². The number of carbonyl (C=O) groups is 1. The number of methoxy groups -OCH3 is 1. The molecule has 0 bridgehead atoms. The van der Waals surface area contributed by atoms with Gasteiger partial charge in [0.1, 0.15) is 5.69 Å². The summed E-state index contributed by atoms with van der Waals surface area (Å²) in [7, 11) is 1.35. The SMILES string of the molecule is COC(=O)c1cc2c([nH]c3cc(Cl)ccc32)c(-c2ccccc2)n1. The molecule has 0 aliphatic carbocycles. The first-order chi connectivity index (χ1) is 11.7. The predicted molar refractivity (Wildman–Crippen MR) is 95.4 cm³/mol. The highest BCUT2D eigenvalue weighted by Crippen LogP contribution is 2.33. The molecule has 2 aromatic carbocycles. The molecule has 0 spiro atoms. The van der Waals surface area contributed by atoms with E-state index >= 15 is 0 Å². The van der Waals surface area contributed by atoms with E-state index in [0.717, 1.165) is 27.4 Å². The fourth-order valence-electron chi connectivity index (χ4n) is 2.89. The second-order valence-electron chi connectivity index (χ2n) is 5.45. The molecule has 4 nitrogen and oxygen atoms in total. The third kappa shape index (κ3) is 2.32. The Balaban J connectivity index is 2.12. The summed E-state index contributed by atoms with van der Waals surface area (Å²) in [6.45, 7) is 0. The van der Waals surface area contributed by atoms with Gasteiger partial charge in [-0.3, -0.25) is 0 Å². The molecule has 0 aliphatic heterocycles. The lowest BCUT2D eigenvalue weighted by molar-refractivity contribution is 0.0594. The number of carbonyl (C=O) groups excluding carboxylic acids is 1. The fourth-order valence-corrected chi connectivity index (χ4v) is 3.06. The maximum Gasteiger partial charge on any atom is 0.356 e. The van der Waals surface area contributed by atoms with Gasteiger partial charge in [-0.1, -0.05) is 48.0 Å². The molecular weight excluding hydrogens is 324 g/mol. The zero-order valence-corrected chi connectivity index (χ0v) is 13.6. The first-order valence-corrected chi connectivity index (χ1v) is 7.81. The fraction of sp³-hybridized carbons (Fsp3) is 0.0526. The van der Waals surface area contributed by atoms with Crippen LogP contribution in [0.25, 0.3) is 33.1 Å². The lowest BCUT2D eigenvalue weighted by Gasteiger charge is -2.06. The van der Waals surface area contributed by atoms with Crippen molar-refractivity contribution in [1.29, 1.82) is 0 Å². The van der Waals surface area contributed by atoms with Crippen molar-refractivity contribution in [2.45, 2.75) is 0 Å². The summed E-state index contributed by atoms with van der Waals surface area (Å²) in [5.41, 5.74) is 3.68. The van der Waals surface area contributed by atoms with E-state index in [2.05, 4.69) is 9.97 Å². The van der Waals surface area contributed by atoms with E-state index in [1.807, 2.05) is 48.5 Å². The Kier molecular flexibility index (Phi) is 3.47. The molecule has 0 unspecified atom stereocenters. The second kappa shape index (κ2) is 5.65. The van der Waals surface area contributed by atoms with Crippen LogP contribution in [0.15, 0.2) is 54.6 Å². The summed E-state index contributed by atoms with van der Waals surface area (Å²) in [5, 5.41) is 2.55. The van der Waals surface area contributed by atoms with Crippen molar-refractivity contribution in [3.05, 3.63) is 65.3 Å². The average Bonchev–Trinajstić information content (AvgIpc) is 2.98. The standard InChI is InChI=1S/C19H13ClN2O2/c1-24-19(23)16-10-14-13-8-7-12(20)9-15(13)21-18(14)17(22-16)11-5-3-2-4-6-11/h2-10,21H,1H3. The van der Waals surface area contributed by atoms with Crippen LogP contribution in [0.1, 0.15) is 10.5 Å². The quantitative estimate of drug-likeness (QED) is 0.534. The number of rotatable bonds is 2. The van der Waals surface area contributed by atoms with Crippen LogP contribution in [0.5, 0.6) is 0 Å². The number of halogens is 1. The van der Waals surface area contributed by atoms with Crippen molar-refractivity contribution in [1.82, 2.24) is 9.97 Å². The van der Waals surface area contributed by atoms with Gasteiger partial charge in [-0.25, -0.2) is 9.78 Å². The number of benzene rings is 2. The molecule has 4 rings (SSSR count). The molecule has 0 radical (unpaired) electrons. The van der Waals surface area contributed by atoms with Crippen LogP contribution in [0, 0.1) is 0 Å². The number of esters is 1. The van der Waals surface area contributed by atoms with E-state index in [9.17, 15) is 4.79 Å². The Labute approximate surface area is 143 Å². The first kappa shape index (κ1) is 14.7. The Morgan fingerprint density at radius 1 is 1.08 bits per heavy atom. The van der Waals surface area contributed by atoms with Gasteiger partial charge in [0, 0.05) is 26.9 Å². The van der Waals surface area contributed by atoms with Crippen LogP contribution in [0.4, 0.5) is 0 Å². The van der Waals surface area contributed by atoms with Crippen LogP contribution in [0.3, 0.4) is 0 Å². The summed E-state index contributed by atoms with van der Waals surface area (Å²) in [5.74, 6) is -0.461. The lowest BCUT2D eigenvalue weighted by Crippen LogP contribution is -2.05. The average molecular weight is 337 g/mol. The Bertz CT molecular complexity index is 1070. The first-order valence-electron chi connectivity index (χ1n) is 7.43. The molecule has 118 valence electrons. The molecule has 0 fully saturated rings. The minimum Gasteiger partial charge on any atom is -0.464 e. The van der Waals surface area contributed by atoms with Gasteiger partial charge >= 0.3 is 5.97 Å². The zero-order chi connectivity index (χ0) is 16.7. The van der Waals surface area contributed by atoms with Gasteiger partial charge in [0.15, 0.2) is 0 Å². The monoisotopic (exact) mass is 336 g/mol. The lowest BCUT2D eigenvalue weighted by atomic mass is 10.1. The molecule has 5 heteroatoms. The molecule has 0 amide bonds. The maximum absolute atomic E-state index is 12.0. The highest BCUT2D eigenvalue weighted by Gasteiger charge is 2.17. The third-order valence-electron chi connectivity index (χ3n) is 3.99. The number of pyridine rings is 1. The van der Waals surface area contributed by atoms with Crippen molar-refractivity contribution < 1.29 is 9.53 Å². The second-order valence-corrected chi connectivity index (χ2v) is 5.89. The van der Waals surface area contributed by atoms with Crippen LogP contribution in [-0.2, 0) is 4.74 Å². The molecule has 0 saturated heterocycles. The number of nitrogens with one attached hydrogen (secondary N) is 1. The summed E-state index contributed by atoms with van der Waals surface area (Å²) in [6, 6.07) is 17.1. The molecule has 24 heavy (non-hydrogen) atoms. The molecule has 1 N–H and O–H groups in total. The van der Waals surface area contributed by atoms with Gasteiger partial charge in [0.2, 0.25) is 0 Å². The van der Waals surface area contributed by atoms with Crippen LogP contribution < -0.4 is 0 Å². The highest BCUT2D eigenvalue weighted by atomic mass is 35.5. The highest BCUT2D eigenvalue weighted by molar-refractivity contribution is 6.31. The van der Waals surface area contributed by atoms with Crippen molar-refractivity contribution in [3.63, 3.8) is 0 Å². The minimum atomic E-state index is -0.461. The number of nitrogens with zero attached hydrogens (tertiary/aromatic N) is 1. The van der Waals surface area contributed by atoms with Crippen molar-refractivity contribution in [3.8, 4) is 11.3 Å². The number of aromatic amines is 1. The normalized spacial score (nSPS) is 11.1. The van der Waals surface area contributed by atoms with Gasteiger partial charge in [-0.2, -0.15) is 0 Å². The zero-order valence-electron chi connectivity index (χ0n) is 12.8. The third-order valence-corrected chi connectivity index (χ3v) is 4.23.